The molecule has 2 unspecified atom stereocenters. The Hall–Kier alpha value is -2.19. The van der Waals surface area contributed by atoms with Gasteiger partial charge in [-0.1, -0.05) is 0 Å². The summed E-state index contributed by atoms with van der Waals surface area (Å²) in [5.74, 6) is -2.29. The van der Waals surface area contributed by atoms with Crippen LogP contribution < -0.4 is 5.32 Å². The highest BCUT2D eigenvalue weighted by atomic mass is 19.4. The number of alkyl halides is 3. The number of pyridine rings is 1. The van der Waals surface area contributed by atoms with Crippen molar-refractivity contribution >= 4 is 11.8 Å². The van der Waals surface area contributed by atoms with E-state index in [-0.39, 0.29) is 24.9 Å². The molecule has 9 heteroatoms. The number of rotatable bonds is 2. The summed E-state index contributed by atoms with van der Waals surface area (Å²) >= 11 is 0. The van der Waals surface area contributed by atoms with Crippen LogP contribution in [0.15, 0.2) is 18.5 Å². The van der Waals surface area contributed by atoms with Crippen LogP contribution in [0.25, 0.3) is 0 Å². The normalized spacial score (nSPS) is 21.9. The monoisotopic (exact) mass is 333 g/mol. The Bertz CT molecular complexity index is 606. The zero-order valence-corrected chi connectivity index (χ0v) is 12.2. The zero-order chi connectivity index (χ0) is 17.2. The van der Waals surface area contributed by atoms with E-state index in [1.165, 1.54) is 12.3 Å². The van der Waals surface area contributed by atoms with E-state index in [1.54, 1.807) is 0 Å². The summed E-state index contributed by atoms with van der Waals surface area (Å²) in [6.45, 7) is 0.781. The van der Waals surface area contributed by atoms with Gasteiger partial charge in [-0.25, -0.2) is 4.39 Å². The number of halogens is 4. The van der Waals surface area contributed by atoms with Crippen LogP contribution in [0.1, 0.15) is 30.1 Å². The smallest absolute Gasteiger partial charge is 0.347 e. The average molecular weight is 333 g/mol. The highest BCUT2D eigenvalue weighted by Crippen LogP contribution is 2.32. The molecule has 0 radical (unpaired) electrons. The van der Waals surface area contributed by atoms with Gasteiger partial charge in [0.25, 0.3) is 5.91 Å². The summed E-state index contributed by atoms with van der Waals surface area (Å²) in [5, 5.41) is 2.46. The van der Waals surface area contributed by atoms with Gasteiger partial charge in [0.05, 0.1) is 11.8 Å². The molecular formula is C14H15F4N3O2. The van der Waals surface area contributed by atoms with Gasteiger partial charge in [0, 0.05) is 25.7 Å². The summed E-state index contributed by atoms with van der Waals surface area (Å²) in [5.41, 5.74) is -0.243. The number of piperidine rings is 1. The van der Waals surface area contributed by atoms with Crippen LogP contribution in [0.4, 0.5) is 17.6 Å². The lowest BCUT2D eigenvalue weighted by molar-refractivity contribution is -0.196. The number of amides is 2. The quantitative estimate of drug-likeness (QED) is 0.841. The van der Waals surface area contributed by atoms with Gasteiger partial charge in [0.1, 0.15) is 6.04 Å². The Morgan fingerprint density at radius 3 is 2.61 bits per heavy atom. The molecule has 1 aliphatic rings. The van der Waals surface area contributed by atoms with Crippen LogP contribution in [0.2, 0.25) is 0 Å². The SMILES string of the molecule is CC(=O)N1CC(NC(=O)c2ccncc2F)CCC1C(F)(F)F. The minimum Gasteiger partial charge on any atom is -0.347 e. The van der Waals surface area contributed by atoms with E-state index in [0.717, 1.165) is 13.1 Å². The topological polar surface area (TPSA) is 62.3 Å². The van der Waals surface area contributed by atoms with Crippen molar-refractivity contribution in [1.29, 1.82) is 0 Å². The number of hydrogen-bond acceptors (Lipinski definition) is 3. The number of nitrogens with zero attached hydrogens (tertiary/aromatic N) is 2. The molecule has 0 spiro atoms. The van der Waals surface area contributed by atoms with Gasteiger partial charge >= 0.3 is 6.18 Å². The van der Waals surface area contributed by atoms with Crippen LogP contribution in [-0.2, 0) is 4.79 Å². The number of hydrogen-bond donors (Lipinski definition) is 1. The van der Waals surface area contributed by atoms with Crippen LogP contribution in [0.3, 0.4) is 0 Å². The first-order valence-corrected chi connectivity index (χ1v) is 6.94. The van der Waals surface area contributed by atoms with Crippen molar-refractivity contribution in [1.82, 2.24) is 15.2 Å². The molecule has 2 amide bonds. The Kier molecular flexibility index (Phi) is 4.86. The Morgan fingerprint density at radius 1 is 1.35 bits per heavy atom. The van der Waals surface area contributed by atoms with Gasteiger partial charge in [0.15, 0.2) is 5.82 Å². The predicted molar refractivity (Wildman–Crippen MR) is 71.9 cm³/mol. The highest BCUT2D eigenvalue weighted by molar-refractivity contribution is 5.94. The summed E-state index contributed by atoms with van der Waals surface area (Å²) in [4.78, 5) is 27.6. The summed E-state index contributed by atoms with van der Waals surface area (Å²) in [6.07, 6.45) is -2.67. The van der Waals surface area contributed by atoms with Crippen LogP contribution in [0.5, 0.6) is 0 Å². The Morgan fingerprint density at radius 2 is 2.04 bits per heavy atom. The highest BCUT2D eigenvalue weighted by Gasteiger charge is 2.47. The number of likely N-dealkylation sites (tertiary alicyclic amines) is 1. The molecule has 5 nitrogen and oxygen atoms in total. The maximum atomic E-state index is 13.5. The first-order chi connectivity index (χ1) is 10.7. The first-order valence-electron chi connectivity index (χ1n) is 6.94. The minimum absolute atomic E-state index is 0.0480. The lowest BCUT2D eigenvalue weighted by Gasteiger charge is -2.40. The molecule has 1 N–H and O–H groups in total. The standard InChI is InChI=1S/C14H15F4N3O2/c1-8(22)21-7-9(2-3-12(21)14(16,17)18)20-13(23)10-4-5-19-6-11(10)15/h4-6,9,12H,2-3,7H2,1H3,(H,20,23). The molecule has 0 aliphatic carbocycles. The van der Waals surface area contributed by atoms with E-state index in [2.05, 4.69) is 10.3 Å². The summed E-state index contributed by atoms with van der Waals surface area (Å²) < 4.78 is 52.2. The Balaban J connectivity index is 2.07. The van der Waals surface area contributed by atoms with Crippen molar-refractivity contribution in [2.45, 2.75) is 38.0 Å². The molecule has 0 saturated carbocycles. The van der Waals surface area contributed by atoms with E-state index >= 15 is 0 Å². The molecule has 126 valence electrons. The van der Waals surface area contributed by atoms with Gasteiger partial charge in [0.2, 0.25) is 5.91 Å². The van der Waals surface area contributed by atoms with Gasteiger partial charge in [-0.15, -0.1) is 0 Å². The Labute approximate surface area is 129 Å². The van der Waals surface area contributed by atoms with Crippen molar-refractivity contribution in [2.75, 3.05) is 6.54 Å². The fourth-order valence-corrected chi connectivity index (χ4v) is 2.60. The molecular weight excluding hydrogens is 318 g/mol. The molecule has 1 aliphatic heterocycles. The third kappa shape index (κ3) is 3.96. The molecule has 2 atom stereocenters. The van der Waals surface area contributed by atoms with E-state index < -0.39 is 35.9 Å². The average Bonchev–Trinajstić information content (AvgIpc) is 2.46. The van der Waals surface area contributed by atoms with Crippen molar-refractivity contribution in [3.63, 3.8) is 0 Å². The largest absolute Gasteiger partial charge is 0.408 e. The predicted octanol–water partition coefficient (Wildman–Crippen LogP) is 1.89. The lowest BCUT2D eigenvalue weighted by atomic mass is 9.97. The number of aromatic nitrogens is 1. The molecule has 0 bridgehead atoms. The van der Waals surface area contributed by atoms with Gasteiger partial charge in [-0.05, 0) is 18.9 Å². The summed E-state index contributed by atoms with van der Waals surface area (Å²) in [7, 11) is 0. The van der Waals surface area contributed by atoms with E-state index in [1.807, 2.05) is 0 Å². The molecule has 1 saturated heterocycles. The molecule has 23 heavy (non-hydrogen) atoms. The van der Waals surface area contributed by atoms with E-state index in [9.17, 15) is 27.2 Å². The van der Waals surface area contributed by atoms with Crippen molar-refractivity contribution in [3.05, 3.63) is 29.8 Å². The zero-order valence-electron chi connectivity index (χ0n) is 12.2. The second-order valence-electron chi connectivity index (χ2n) is 5.33. The molecule has 2 rings (SSSR count). The number of carbonyl (C=O) groups is 2. The molecule has 1 aromatic rings. The van der Waals surface area contributed by atoms with Crippen LogP contribution >= 0.6 is 0 Å². The fourth-order valence-electron chi connectivity index (χ4n) is 2.60. The van der Waals surface area contributed by atoms with E-state index in [4.69, 9.17) is 0 Å². The van der Waals surface area contributed by atoms with Gasteiger partial charge < -0.3 is 10.2 Å². The van der Waals surface area contributed by atoms with E-state index in [0.29, 0.717) is 4.90 Å². The lowest BCUT2D eigenvalue weighted by Crippen LogP contribution is -2.57. The third-order valence-corrected chi connectivity index (χ3v) is 3.72. The minimum atomic E-state index is -4.52. The maximum Gasteiger partial charge on any atom is 0.408 e. The van der Waals surface area contributed by atoms with Gasteiger partial charge in [-0.2, -0.15) is 13.2 Å². The second-order valence-corrected chi connectivity index (χ2v) is 5.33. The molecule has 0 aromatic carbocycles. The third-order valence-electron chi connectivity index (χ3n) is 3.72. The molecule has 2 heterocycles. The second kappa shape index (κ2) is 6.51. The number of carbonyl (C=O) groups excluding carboxylic acids is 2. The van der Waals surface area contributed by atoms with Gasteiger partial charge in [-0.3, -0.25) is 14.6 Å². The van der Waals surface area contributed by atoms with Crippen molar-refractivity contribution < 1.29 is 27.2 Å². The molecule has 1 aromatic heterocycles. The van der Waals surface area contributed by atoms with Crippen LogP contribution in [-0.4, -0.2) is 46.5 Å². The summed E-state index contributed by atoms with van der Waals surface area (Å²) in [6, 6.07) is -1.35. The maximum absolute atomic E-state index is 13.5. The van der Waals surface area contributed by atoms with Crippen LogP contribution in [0, 0.1) is 5.82 Å². The first kappa shape index (κ1) is 17.2. The number of nitrogens with one attached hydrogen (secondary N) is 1. The molecule has 1 fully saturated rings. The van der Waals surface area contributed by atoms with Crippen molar-refractivity contribution in [3.8, 4) is 0 Å². The fraction of sp³-hybridized carbons (Fsp3) is 0.500. The van der Waals surface area contributed by atoms with Crippen molar-refractivity contribution in [2.24, 2.45) is 0 Å².